The van der Waals surface area contributed by atoms with E-state index in [0.717, 1.165) is 82.9 Å². The second kappa shape index (κ2) is 14.0. The summed E-state index contributed by atoms with van der Waals surface area (Å²) in [6, 6.07) is 71.7. The van der Waals surface area contributed by atoms with Gasteiger partial charge in [0.15, 0.2) is 17.5 Å². The average Bonchev–Trinajstić information content (AvgIpc) is 4.03. The molecule has 6 nitrogen and oxygen atoms in total. The predicted octanol–water partition coefficient (Wildman–Crippen LogP) is 15.1. The summed E-state index contributed by atoms with van der Waals surface area (Å²) in [7, 11) is 0. The number of benzene rings is 9. The zero-order valence-electron chi connectivity index (χ0n) is 33.7. The lowest BCUT2D eigenvalue weighted by atomic mass is 9.99. The molecule has 0 fully saturated rings. The second-order valence-electron chi connectivity index (χ2n) is 15.9. The molecular formula is C57H34N4O2. The van der Waals surface area contributed by atoms with E-state index in [1.165, 1.54) is 27.4 Å². The highest BCUT2D eigenvalue weighted by Gasteiger charge is 2.21. The first-order valence-corrected chi connectivity index (χ1v) is 21.1. The molecule has 6 heteroatoms. The van der Waals surface area contributed by atoms with Crippen molar-refractivity contribution < 1.29 is 8.83 Å². The molecule has 294 valence electrons. The fourth-order valence-electron chi connectivity index (χ4n) is 9.32. The molecule has 0 amide bonds. The van der Waals surface area contributed by atoms with Crippen molar-refractivity contribution in [2.75, 3.05) is 0 Å². The normalized spacial score (nSPS) is 11.8. The van der Waals surface area contributed by atoms with Crippen LogP contribution >= 0.6 is 0 Å². The van der Waals surface area contributed by atoms with Crippen LogP contribution < -0.4 is 0 Å². The van der Waals surface area contributed by atoms with Crippen molar-refractivity contribution in [2.45, 2.75) is 0 Å². The summed E-state index contributed by atoms with van der Waals surface area (Å²) in [5, 5.41) is 6.40. The Morgan fingerprint density at radius 1 is 0.317 bits per heavy atom. The van der Waals surface area contributed by atoms with E-state index in [4.69, 9.17) is 23.8 Å². The van der Waals surface area contributed by atoms with Gasteiger partial charge in [-0.15, -0.1) is 0 Å². The minimum atomic E-state index is 0.538. The number of hydrogen-bond acceptors (Lipinski definition) is 5. The predicted molar refractivity (Wildman–Crippen MR) is 256 cm³/mol. The Balaban J connectivity index is 0.967. The SMILES string of the molecule is c1ccc(-c2ccc3c(c2)c2cc(-c4ccc5c(c4)oc4cccc(-c6nc(-c7ccccc7)nc(-c7cccc8c7oc7ccccc78)n6)c45)ccc2n3-c2ccccc2)cc1. The topological polar surface area (TPSA) is 69.9 Å². The minimum absolute atomic E-state index is 0.538. The van der Waals surface area contributed by atoms with Gasteiger partial charge < -0.3 is 13.4 Å². The van der Waals surface area contributed by atoms with Crippen LogP contribution in [0.2, 0.25) is 0 Å². The molecule has 0 aliphatic carbocycles. The van der Waals surface area contributed by atoms with Gasteiger partial charge >= 0.3 is 0 Å². The Kier molecular flexibility index (Phi) is 7.80. The Labute approximate surface area is 361 Å². The maximum absolute atomic E-state index is 6.69. The zero-order valence-corrected chi connectivity index (χ0v) is 33.7. The molecule has 63 heavy (non-hydrogen) atoms. The third-order valence-corrected chi connectivity index (χ3v) is 12.3. The van der Waals surface area contributed by atoms with Crippen molar-refractivity contribution in [3.8, 4) is 62.1 Å². The minimum Gasteiger partial charge on any atom is -0.456 e. The number of para-hydroxylation sites is 3. The maximum Gasteiger partial charge on any atom is 0.167 e. The van der Waals surface area contributed by atoms with E-state index in [0.29, 0.717) is 17.5 Å². The summed E-state index contributed by atoms with van der Waals surface area (Å²) in [4.78, 5) is 15.4. The van der Waals surface area contributed by atoms with Crippen molar-refractivity contribution in [1.29, 1.82) is 0 Å². The van der Waals surface area contributed by atoms with Crippen LogP contribution in [0.4, 0.5) is 0 Å². The third-order valence-electron chi connectivity index (χ3n) is 12.3. The van der Waals surface area contributed by atoms with Gasteiger partial charge in [0.25, 0.3) is 0 Å². The molecule has 9 aromatic carbocycles. The van der Waals surface area contributed by atoms with E-state index in [2.05, 4.69) is 138 Å². The third kappa shape index (κ3) is 5.69. The number of rotatable bonds is 6. The van der Waals surface area contributed by atoms with Gasteiger partial charge in [-0.3, -0.25) is 0 Å². The molecule has 0 aliphatic rings. The van der Waals surface area contributed by atoms with Crippen molar-refractivity contribution in [2.24, 2.45) is 0 Å². The van der Waals surface area contributed by atoms with Gasteiger partial charge in [-0.2, -0.15) is 0 Å². The number of aromatic nitrogens is 4. The highest BCUT2D eigenvalue weighted by atomic mass is 16.3. The number of hydrogen-bond donors (Lipinski definition) is 0. The quantitative estimate of drug-likeness (QED) is 0.167. The molecule has 0 saturated carbocycles. The monoisotopic (exact) mass is 806 g/mol. The molecule has 0 bridgehead atoms. The van der Waals surface area contributed by atoms with Crippen LogP contribution in [0.5, 0.6) is 0 Å². The fourth-order valence-corrected chi connectivity index (χ4v) is 9.32. The van der Waals surface area contributed by atoms with E-state index in [1.807, 2.05) is 72.8 Å². The Bertz CT molecular complexity index is 3900. The zero-order chi connectivity index (χ0) is 41.4. The standard InChI is InChI=1S/C57H34N4O2/c1-4-14-35(15-5-1)37-27-30-48-46(32-37)47-33-38(28-31-49(47)61(48)40-18-8-3-9-19-40)39-26-29-43-52(34-39)62-51-25-13-22-44(53(43)51)56-58-55(36-16-6-2-7-17-36)59-57(60-56)45-23-12-21-42-41-20-10-11-24-50(41)63-54(42)45/h1-34H. The Morgan fingerprint density at radius 3 is 1.63 bits per heavy atom. The molecule has 0 aliphatic heterocycles. The van der Waals surface area contributed by atoms with Crippen LogP contribution in [0, 0.1) is 0 Å². The van der Waals surface area contributed by atoms with Gasteiger partial charge in [0.2, 0.25) is 0 Å². The lowest BCUT2D eigenvalue weighted by molar-refractivity contribution is 0.668. The Morgan fingerprint density at radius 2 is 0.873 bits per heavy atom. The molecular weight excluding hydrogens is 773 g/mol. The van der Waals surface area contributed by atoms with Crippen molar-refractivity contribution in [1.82, 2.24) is 19.5 Å². The first kappa shape index (κ1) is 35.2. The largest absolute Gasteiger partial charge is 0.456 e. The summed E-state index contributed by atoms with van der Waals surface area (Å²) in [6.45, 7) is 0. The van der Waals surface area contributed by atoms with Gasteiger partial charge in [-0.05, 0) is 89.0 Å². The van der Waals surface area contributed by atoms with Gasteiger partial charge in [-0.25, -0.2) is 15.0 Å². The van der Waals surface area contributed by atoms with Crippen LogP contribution in [-0.2, 0) is 0 Å². The van der Waals surface area contributed by atoms with E-state index in [9.17, 15) is 0 Å². The summed E-state index contributed by atoms with van der Waals surface area (Å²) in [6.07, 6.45) is 0. The van der Waals surface area contributed by atoms with Gasteiger partial charge in [0.1, 0.15) is 22.3 Å². The van der Waals surface area contributed by atoms with Crippen LogP contribution in [0.3, 0.4) is 0 Å². The fraction of sp³-hybridized carbons (Fsp3) is 0. The molecule has 13 rings (SSSR count). The highest BCUT2D eigenvalue weighted by molar-refractivity contribution is 6.14. The highest BCUT2D eigenvalue weighted by Crippen LogP contribution is 2.42. The van der Waals surface area contributed by atoms with Crippen LogP contribution in [0.15, 0.2) is 215 Å². The van der Waals surface area contributed by atoms with Crippen LogP contribution in [0.25, 0.3) is 128 Å². The van der Waals surface area contributed by atoms with Crippen molar-refractivity contribution in [3.63, 3.8) is 0 Å². The van der Waals surface area contributed by atoms with Gasteiger partial charge in [0.05, 0.1) is 16.6 Å². The maximum atomic E-state index is 6.69. The number of nitrogens with zero attached hydrogens (tertiary/aromatic N) is 4. The summed E-state index contributed by atoms with van der Waals surface area (Å²) in [5.41, 5.74) is 13.7. The molecule has 0 radical (unpaired) electrons. The van der Waals surface area contributed by atoms with Gasteiger partial charge in [-0.1, -0.05) is 140 Å². The molecule has 0 atom stereocenters. The second-order valence-corrected chi connectivity index (χ2v) is 15.9. The van der Waals surface area contributed by atoms with E-state index < -0.39 is 0 Å². The first-order valence-electron chi connectivity index (χ1n) is 21.1. The Hall–Kier alpha value is -8.61. The summed E-state index contributed by atoms with van der Waals surface area (Å²) >= 11 is 0. The smallest absolute Gasteiger partial charge is 0.167 e. The summed E-state index contributed by atoms with van der Waals surface area (Å²) < 4.78 is 15.5. The molecule has 0 spiro atoms. The molecule has 13 aromatic rings. The molecule has 0 N–H and O–H groups in total. The first-order chi connectivity index (χ1) is 31.2. The molecule has 0 unspecified atom stereocenters. The van der Waals surface area contributed by atoms with Crippen LogP contribution in [-0.4, -0.2) is 19.5 Å². The lowest BCUT2D eigenvalue weighted by Crippen LogP contribution is -2.00. The lowest BCUT2D eigenvalue weighted by Gasteiger charge is -2.09. The van der Waals surface area contributed by atoms with E-state index in [-0.39, 0.29) is 0 Å². The van der Waals surface area contributed by atoms with E-state index in [1.54, 1.807) is 0 Å². The van der Waals surface area contributed by atoms with Crippen molar-refractivity contribution >= 4 is 65.7 Å². The van der Waals surface area contributed by atoms with Gasteiger partial charge in [0, 0.05) is 49.1 Å². The molecule has 0 saturated heterocycles. The number of fused-ring (bicyclic) bond motifs is 9. The molecule has 4 heterocycles. The summed E-state index contributed by atoms with van der Waals surface area (Å²) in [5.74, 6) is 1.67. The molecule has 4 aromatic heterocycles. The average molecular weight is 807 g/mol. The van der Waals surface area contributed by atoms with E-state index >= 15 is 0 Å². The van der Waals surface area contributed by atoms with Crippen LogP contribution in [0.1, 0.15) is 0 Å². The number of furan rings is 2. The van der Waals surface area contributed by atoms with Crippen molar-refractivity contribution in [3.05, 3.63) is 206 Å².